The molecule has 8 heteroatoms. The van der Waals surface area contributed by atoms with E-state index < -0.39 is 23.7 Å². The van der Waals surface area contributed by atoms with Crippen LogP contribution in [0.5, 0.6) is 0 Å². The number of nitrogens with zero attached hydrogens (tertiary/aromatic N) is 3. The van der Waals surface area contributed by atoms with Crippen molar-refractivity contribution in [2.24, 2.45) is 11.3 Å². The van der Waals surface area contributed by atoms with Crippen molar-refractivity contribution in [3.63, 3.8) is 0 Å². The van der Waals surface area contributed by atoms with Crippen molar-refractivity contribution in [1.29, 1.82) is 5.26 Å². The van der Waals surface area contributed by atoms with E-state index in [-0.39, 0.29) is 11.3 Å². The van der Waals surface area contributed by atoms with Gasteiger partial charge in [0.2, 0.25) is 5.91 Å². The van der Waals surface area contributed by atoms with Gasteiger partial charge in [0.05, 0.1) is 25.2 Å². The summed E-state index contributed by atoms with van der Waals surface area (Å²) in [5.74, 6) is -0.748. The fourth-order valence-corrected chi connectivity index (χ4v) is 3.90. The number of amides is 2. The Morgan fingerprint density at radius 1 is 1.28 bits per heavy atom. The molecule has 0 aromatic rings. The maximum atomic E-state index is 13.2. The van der Waals surface area contributed by atoms with E-state index in [1.165, 1.54) is 0 Å². The van der Waals surface area contributed by atoms with Crippen molar-refractivity contribution in [2.45, 2.75) is 59.1 Å². The van der Waals surface area contributed by atoms with Gasteiger partial charge in [0, 0.05) is 26.2 Å². The Morgan fingerprint density at radius 2 is 1.93 bits per heavy atom. The number of carbonyl (C=O) groups excluding carboxylic acids is 2. The van der Waals surface area contributed by atoms with Gasteiger partial charge in [-0.25, -0.2) is 4.79 Å². The highest BCUT2D eigenvalue weighted by atomic mass is 16.6. The molecule has 164 valence electrons. The van der Waals surface area contributed by atoms with Crippen LogP contribution in [-0.4, -0.2) is 79.4 Å². The van der Waals surface area contributed by atoms with Crippen LogP contribution in [0.2, 0.25) is 0 Å². The van der Waals surface area contributed by atoms with E-state index in [1.54, 1.807) is 11.8 Å². The lowest BCUT2D eigenvalue weighted by Crippen LogP contribution is -2.53. The lowest BCUT2D eigenvalue weighted by atomic mass is 9.81. The van der Waals surface area contributed by atoms with E-state index in [1.807, 2.05) is 6.92 Å². The molecule has 1 N–H and O–H groups in total. The van der Waals surface area contributed by atoms with Crippen molar-refractivity contribution in [3.05, 3.63) is 0 Å². The van der Waals surface area contributed by atoms with Crippen LogP contribution >= 0.6 is 0 Å². The molecule has 8 nitrogen and oxygen atoms in total. The van der Waals surface area contributed by atoms with E-state index in [2.05, 4.69) is 37.1 Å². The molecule has 2 aliphatic heterocycles. The largest absolute Gasteiger partial charge is 0.446 e. The van der Waals surface area contributed by atoms with Crippen LogP contribution in [0.4, 0.5) is 4.79 Å². The van der Waals surface area contributed by atoms with Crippen molar-refractivity contribution < 1.29 is 19.1 Å². The second kappa shape index (κ2) is 9.77. The van der Waals surface area contributed by atoms with Gasteiger partial charge in [-0.05, 0) is 31.7 Å². The molecule has 3 unspecified atom stereocenters. The molecule has 0 aromatic carbocycles. The molecule has 0 aliphatic carbocycles. The summed E-state index contributed by atoms with van der Waals surface area (Å²) in [6.45, 7) is 14.1. The quantitative estimate of drug-likeness (QED) is 0.722. The molecule has 0 aromatic heterocycles. The SMILES string of the molecule is CCN1CCC(C#N)(NC(=O)C(CC(C)(C)C)C(C)OC(=O)N2CCOCC2)C1. The van der Waals surface area contributed by atoms with Crippen LogP contribution in [0.3, 0.4) is 0 Å². The maximum Gasteiger partial charge on any atom is 0.410 e. The number of ether oxygens (including phenoxy) is 2. The van der Waals surface area contributed by atoms with Crippen molar-refractivity contribution in [1.82, 2.24) is 15.1 Å². The van der Waals surface area contributed by atoms with Gasteiger partial charge >= 0.3 is 6.09 Å². The zero-order valence-electron chi connectivity index (χ0n) is 18.5. The number of likely N-dealkylation sites (N-methyl/N-ethyl adjacent to an activating group) is 1. The van der Waals surface area contributed by atoms with Gasteiger partial charge in [-0.3, -0.25) is 4.79 Å². The first-order valence-corrected chi connectivity index (χ1v) is 10.6. The average molecular weight is 409 g/mol. The number of morpholine rings is 1. The topological polar surface area (TPSA) is 94.9 Å². The minimum absolute atomic E-state index is 0.132. The van der Waals surface area contributed by atoms with Gasteiger partial charge in [0.25, 0.3) is 0 Å². The summed E-state index contributed by atoms with van der Waals surface area (Å²) in [5, 5.41) is 12.7. The minimum Gasteiger partial charge on any atom is -0.446 e. The van der Waals surface area contributed by atoms with Crippen LogP contribution in [0.1, 0.15) is 47.5 Å². The first-order valence-electron chi connectivity index (χ1n) is 10.6. The van der Waals surface area contributed by atoms with Crippen LogP contribution in [0.15, 0.2) is 0 Å². The number of hydrogen-bond acceptors (Lipinski definition) is 6. The lowest BCUT2D eigenvalue weighted by molar-refractivity contribution is -0.131. The number of hydrogen-bond donors (Lipinski definition) is 1. The van der Waals surface area contributed by atoms with Crippen LogP contribution in [-0.2, 0) is 14.3 Å². The Morgan fingerprint density at radius 3 is 2.45 bits per heavy atom. The monoisotopic (exact) mass is 408 g/mol. The Balaban J connectivity index is 2.08. The number of nitriles is 1. The molecule has 2 aliphatic rings. The summed E-state index contributed by atoms with van der Waals surface area (Å²) < 4.78 is 10.9. The molecule has 2 saturated heterocycles. The molecule has 29 heavy (non-hydrogen) atoms. The zero-order valence-corrected chi connectivity index (χ0v) is 18.5. The van der Waals surface area contributed by atoms with Gasteiger partial charge in [0.1, 0.15) is 11.6 Å². The third-order valence-electron chi connectivity index (χ3n) is 5.66. The summed E-state index contributed by atoms with van der Waals surface area (Å²) >= 11 is 0. The van der Waals surface area contributed by atoms with E-state index in [9.17, 15) is 14.9 Å². The third-order valence-corrected chi connectivity index (χ3v) is 5.66. The van der Waals surface area contributed by atoms with E-state index >= 15 is 0 Å². The number of likely N-dealkylation sites (tertiary alicyclic amines) is 1. The molecular formula is C21H36N4O4. The van der Waals surface area contributed by atoms with Gasteiger partial charge in [-0.15, -0.1) is 0 Å². The second-order valence-electron chi connectivity index (χ2n) is 9.36. The van der Waals surface area contributed by atoms with E-state index in [4.69, 9.17) is 9.47 Å². The fourth-order valence-electron chi connectivity index (χ4n) is 3.90. The lowest BCUT2D eigenvalue weighted by Gasteiger charge is -2.34. The number of carbonyl (C=O) groups is 2. The van der Waals surface area contributed by atoms with E-state index in [0.29, 0.717) is 45.7 Å². The molecule has 0 radical (unpaired) electrons. The highest BCUT2D eigenvalue weighted by Gasteiger charge is 2.42. The highest BCUT2D eigenvalue weighted by Crippen LogP contribution is 2.30. The molecular weight excluding hydrogens is 372 g/mol. The van der Waals surface area contributed by atoms with Crippen LogP contribution < -0.4 is 5.32 Å². The molecule has 3 atom stereocenters. The summed E-state index contributed by atoms with van der Waals surface area (Å²) in [6, 6.07) is 2.32. The van der Waals surface area contributed by atoms with Gasteiger partial charge in [-0.1, -0.05) is 27.7 Å². The standard InChI is InChI=1S/C21H36N4O4/c1-6-24-8-7-21(14-22,15-24)23-18(26)17(13-20(3,4)5)16(2)29-19(27)25-9-11-28-12-10-25/h16-17H,6-13,15H2,1-5H3,(H,23,26). The third kappa shape index (κ3) is 6.58. The Bertz CT molecular complexity index is 621. The predicted octanol–water partition coefficient (Wildman–Crippen LogP) is 2.00. The normalized spacial score (nSPS) is 25.2. The first-order chi connectivity index (χ1) is 13.6. The highest BCUT2D eigenvalue weighted by molar-refractivity contribution is 5.81. The second-order valence-corrected chi connectivity index (χ2v) is 9.36. The van der Waals surface area contributed by atoms with Crippen LogP contribution in [0, 0.1) is 22.7 Å². The van der Waals surface area contributed by atoms with Crippen LogP contribution in [0.25, 0.3) is 0 Å². The average Bonchev–Trinajstić information content (AvgIpc) is 3.09. The van der Waals surface area contributed by atoms with E-state index in [0.717, 1.165) is 13.1 Å². The fraction of sp³-hybridized carbons (Fsp3) is 0.857. The Labute approximate surface area is 174 Å². The molecule has 0 spiro atoms. The summed E-state index contributed by atoms with van der Waals surface area (Å²) in [7, 11) is 0. The number of rotatable bonds is 6. The van der Waals surface area contributed by atoms with Gasteiger partial charge < -0.3 is 24.6 Å². The zero-order chi connectivity index (χ0) is 21.7. The first kappa shape index (κ1) is 23.4. The molecule has 2 rings (SSSR count). The van der Waals surface area contributed by atoms with Crippen molar-refractivity contribution >= 4 is 12.0 Å². The molecule has 2 heterocycles. The Hall–Kier alpha value is -1.85. The maximum absolute atomic E-state index is 13.2. The molecule has 0 bridgehead atoms. The van der Waals surface area contributed by atoms with Crippen molar-refractivity contribution in [2.75, 3.05) is 45.9 Å². The molecule has 2 fully saturated rings. The summed E-state index contributed by atoms with van der Waals surface area (Å²) in [5.41, 5.74) is -1.01. The van der Waals surface area contributed by atoms with Crippen molar-refractivity contribution in [3.8, 4) is 6.07 Å². The summed E-state index contributed by atoms with van der Waals surface area (Å²) in [4.78, 5) is 29.5. The minimum atomic E-state index is -0.878. The number of nitrogens with one attached hydrogen (secondary N) is 1. The predicted molar refractivity (Wildman–Crippen MR) is 109 cm³/mol. The van der Waals surface area contributed by atoms with Gasteiger partial charge in [0.15, 0.2) is 0 Å². The summed E-state index contributed by atoms with van der Waals surface area (Å²) in [6.07, 6.45) is 0.146. The Kier molecular flexibility index (Phi) is 7.89. The molecule has 0 saturated carbocycles. The molecule has 2 amide bonds. The smallest absolute Gasteiger partial charge is 0.410 e. The van der Waals surface area contributed by atoms with Gasteiger partial charge in [-0.2, -0.15) is 5.26 Å².